The van der Waals surface area contributed by atoms with Crippen LogP contribution in [0.15, 0.2) is 24.3 Å². The number of nitrogens with zero attached hydrogens (tertiary/aromatic N) is 1. The van der Waals surface area contributed by atoms with Crippen molar-refractivity contribution in [1.82, 2.24) is 15.5 Å². The maximum Gasteiger partial charge on any atom is 0.0233 e. The van der Waals surface area contributed by atoms with Gasteiger partial charge in [-0.2, -0.15) is 0 Å². The van der Waals surface area contributed by atoms with Crippen molar-refractivity contribution in [3.05, 3.63) is 35.4 Å². The maximum atomic E-state index is 3.61. The average Bonchev–Trinajstić information content (AvgIpc) is 3.03. The molecule has 21 heavy (non-hydrogen) atoms. The third kappa shape index (κ3) is 4.80. The summed E-state index contributed by atoms with van der Waals surface area (Å²) in [5, 5.41) is 7.09. The van der Waals surface area contributed by atoms with Crippen LogP contribution >= 0.6 is 0 Å². The Kier molecular flexibility index (Phi) is 5.67. The molecule has 1 aromatic rings. The molecular formula is C18H29N3. The number of hydrogen-bond acceptors (Lipinski definition) is 3. The second-order valence-corrected chi connectivity index (χ2v) is 6.64. The SMILES string of the molecule is c1cc(CN2CCCC2)ccc1CNCC1CCCNC1. The van der Waals surface area contributed by atoms with Crippen LogP contribution in [0.2, 0.25) is 0 Å². The highest BCUT2D eigenvalue weighted by Gasteiger charge is 2.12. The Bertz CT molecular complexity index is 403. The highest BCUT2D eigenvalue weighted by atomic mass is 15.1. The summed E-state index contributed by atoms with van der Waals surface area (Å²) in [6.45, 7) is 8.21. The lowest BCUT2D eigenvalue weighted by Crippen LogP contribution is -2.35. The van der Waals surface area contributed by atoms with Crippen LogP contribution in [0.3, 0.4) is 0 Å². The largest absolute Gasteiger partial charge is 0.316 e. The van der Waals surface area contributed by atoms with Crippen LogP contribution < -0.4 is 10.6 Å². The highest BCUT2D eigenvalue weighted by Crippen LogP contribution is 2.13. The number of benzene rings is 1. The minimum absolute atomic E-state index is 0.813. The van der Waals surface area contributed by atoms with Crippen LogP contribution in [0.5, 0.6) is 0 Å². The standard InChI is InChI=1S/C18H29N3/c1-2-11-21(10-1)15-17-7-5-16(6-8-17)12-20-14-18-4-3-9-19-13-18/h5-8,18-20H,1-4,9-15H2. The molecule has 3 heteroatoms. The molecule has 2 N–H and O–H groups in total. The fraction of sp³-hybridized carbons (Fsp3) is 0.667. The van der Waals surface area contributed by atoms with Crippen LogP contribution in [-0.2, 0) is 13.1 Å². The van der Waals surface area contributed by atoms with E-state index < -0.39 is 0 Å². The van der Waals surface area contributed by atoms with Crippen molar-refractivity contribution < 1.29 is 0 Å². The molecule has 0 bridgehead atoms. The van der Waals surface area contributed by atoms with Crippen molar-refractivity contribution in [1.29, 1.82) is 0 Å². The van der Waals surface area contributed by atoms with E-state index in [9.17, 15) is 0 Å². The van der Waals surface area contributed by atoms with Crippen molar-refractivity contribution >= 4 is 0 Å². The Morgan fingerprint density at radius 2 is 1.81 bits per heavy atom. The molecule has 3 nitrogen and oxygen atoms in total. The molecule has 2 aliphatic heterocycles. The first-order valence-corrected chi connectivity index (χ1v) is 8.62. The van der Waals surface area contributed by atoms with E-state index in [1.54, 1.807) is 0 Å². The Labute approximate surface area is 129 Å². The van der Waals surface area contributed by atoms with Gasteiger partial charge >= 0.3 is 0 Å². The summed E-state index contributed by atoms with van der Waals surface area (Å²) in [7, 11) is 0. The summed E-state index contributed by atoms with van der Waals surface area (Å²) in [6, 6.07) is 9.18. The number of hydrogen-bond donors (Lipinski definition) is 2. The Morgan fingerprint density at radius 1 is 1.05 bits per heavy atom. The first-order valence-electron chi connectivity index (χ1n) is 8.62. The van der Waals surface area contributed by atoms with Gasteiger partial charge in [-0.15, -0.1) is 0 Å². The molecule has 116 valence electrons. The summed E-state index contributed by atoms with van der Waals surface area (Å²) in [4.78, 5) is 2.56. The monoisotopic (exact) mass is 287 g/mol. The lowest BCUT2D eigenvalue weighted by atomic mass is 10.00. The molecule has 2 fully saturated rings. The smallest absolute Gasteiger partial charge is 0.0233 e. The van der Waals surface area contributed by atoms with Gasteiger partial charge in [-0.3, -0.25) is 4.90 Å². The molecule has 1 atom stereocenters. The number of rotatable bonds is 6. The van der Waals surface area contributed by atoms with E-state index in [0.717, 1.165) is 25.6 Å². The summed E-state index contributed by atoms with van der Waals surface area (Å²) in [6.07, 6.45) is 5.45. The van der Waals surface area contributed by atoms with Crippen molar-refractivity contribution in [3.63, 3.8) is 0 Å². The minimum atomic E-state index is 0.813. The van der Waals surface area contributed by atoms with Crippen LogP contribution in [0.4, 0.5) is 0 Å². The highest BCUT2D eigenvalue weighted by molar-refractivity contribution is 5.22. The topological polar surface area (TPSA) is 27.3 Å². The second kappa shape index (κ2) is 7.92. The quantitative estimate of drug-likeness (QED) is 0.841. The van der Waals surface area contributed by atoms with Crippen LogP contribution in [0, 0.1) is 5.92 Å². The summed E-state index contributed by atoms with van der Waals surface area (Å²) >= 11 is 0. The fourth-order valence-electron chi connectivity index (χ4n) is 3.48. The molecule has 3 rings (SSSR count). The molecule has 2 saturated heterocycles. The van der Waals surface area contributed by atoms with E-state index in [1.807, 2.05) is 0 Å². The average molecular weight is 287 g/mol. The summed E-state index contributed by atoms with van der Waals surface area (Å²) < 4.78 is 0. The summed E-state index contributed by atoms with van der Waals surface area (Å²) in [5.74, 6) is 0.813. The third-order valence-corrected chi connectivity index (χ3v) is 4.79. The predicted octanol–water partition coefficient (Wildman–Crippen LogP) is 2.37. The Hall–Kier alpha value is -0.900. The van der Waals surface area contributed by atoms with Crippen LogP contribution in [0.25, 0.3) is 0 Å². The molecule has 2 aliphatic rings. The van der Waals surface area contributed by atoms with E-state index in [-0.39, 0.29) is 0 Å². The molecule has 0 aromatic heterocycles. The third-order valence-electron chi connectivity index (χ3n) is 4.79. The fourth-order valence-corrected chi connectivity index (χ4v) is 3.48. The van der Waals surface area contributed by atoms with E-state index in [2.05, 4.69) is 39.8 Å². The molecule has 2 heterocycles. The van der Waals surface area contributed by atoms with Crippen LogP contribution in [0.1, 0.15) is 36.8 Å². The Balaban J connectivity index is 1.39. The molecule has 1 aromatic carbocycles. The van der Waals surface area contributed by atoms with Crippen LogP contribution in [-0.4, -0.2) is 37.6 Å². The van der Waals surface area contributed by atoms with E-state index >= 15 is 0 Å². The molecule has 0 aliphatic carbocycles. The maximum absolute atomic E-state index is 3.61. The van der Waals surface area contributed by atoms with Gasteiger partial charge in [-0.1, -0.05) is 24.3 Å². The van der Waals surface area contributed by atoms with Crippen molar-refractivity contribution in [2.24, 2.45) is 5.92 Å². The number of nitrogens with one attached hydrogen (secondary N) is 2. The number of likely N-dealkylation sites (tertiary alicyclic amines) is 1. The van der Waals surface area contributed by atoms with E-state index in [0.29, 0.717) is 0 Å². The Morgan fingerprint density at radius 3 is 2.52 bits per heavy atom. The first-order chi connectivity index (χ1) is 10.4. The normalized spacial score (nSPS) is 23.5. The lowest BCUT2D eigenvalue weighted by Gasteiger charge is -2.23. The van der Waals surface area contributed by atoms with Crippen molar-refractivity contribution in [3.8, 4) is 0 Å². The predicted molar refractivity (Wildman–Crippen MR) is 88.3 cm³/mol. The molecule has 1 unspecified atom stereocenters. The van der Waals surface area contributed by atoms with E-state index in [1.165, 1.54) is 63.0 Å². The van der Waals surface area contributed by atoms with E-state index in [4.69, 9.17) is 0 Å². The zero-order chi connectivity index (χ0) is 14.3. The van der Waals surface area contributed by atoms with Gasteiger partial charge < -0.3 is 10.6 Å². The molecular weight excluding hydrogens is 258 g/mol. The summed E-state index contributed by atoms with van der Waals surface area (Å²) in [5.41, 5.74) is 2.86. The zero-order valence-electron chi connectivity index (χ0n) is 13.1. The van der Waals surface area contributed by atoms with Crippen molar-refractivity contribution in [2.75, 3.05) is 32.7 Å². The van der Waals surface area contributed by atoms with Gasteiger partial charge in [-0.25, -0.2) is 0 Å². The van der Waals surface area contributed by atoms with Gasteiger partial charge in [0.05, 0.1) is 0 Å². The molecule has 0 amide bonds. The van der Waals surface area contributed by atoms with Gasteiger partial charge in [0.15, 0.2) is 0 Å². The molecule has 0 spiro atoms. The van der Waals surface area contributed by atoms with Crippen molar-refractivity contribution in [2.45, 2.75) is 38.8 Å². The van der Waals surface area contributed by atoms with Gasteiger partial charge in [0.1, 0.15) is 0 Å². The van der Waals surface area contributed by atoms with Gasteiger partial charge in [-0.05, 0) is 75.5 Å². The minimum Gasteiger partial charge on any atom is -0.316 e. The number of piperidine rings is 1. The van der Waals surface area contributed by atoms with Gasteiger partial charge in [0, 0.05) is 13.1 Å². The molecule has 0 radical (unpaired) electrons. The zero-order valence-corrected chi connectivity index (χ0v) is 13.1. The first kappa shape index (κ1) is 15.0. The lowest BCUT2D eigenvalue weighted by molar-refractivity contribution is 0.331. The van der Waals surface area contributed by atoms with Gasteiger partial charge in [0.2, 0.25) is 0 Å². The molecule has 0 saturated carbocycles. The second-order valence-electron chi connectivity index (χ2n) is 6.64. The van der Waals surface area contributed by atoms with Gasteiger partial charge in [0.25, 0.3) is 0 Å².